The Morgan fingerprint density at radius 1 is 0.800 bits per heavy atom. The van der Waals surface area contributed by atoms with Gasteiger partial charge in [-0.1, -0.05) is 110 Å². The van der Waals surface area contributed by atoms with Gasteiger partial charge in [-0.25, -0.2) is 16.0 Å². The Kier molecular flexibility index (Phi) is 21.4. The Hall–Kier alpha value is -7.25. The van der Waals surface area contributed by atoms with Crippen molar-refractivity contribution in [2.45, 2.75) is 156 Å². The molecule has 95 heavy (non-hydrogen) atoms. The van der Waals surface area contributed by atoms with Crippen molar-refractivity contribution < 1.29 is 47.1 Å². The average molecular weight is 1350 g/mol. The van der Waals surface area contributed by atoms with Crippen LogP contribution in [-0.2, 0) is 40.9 Å². The second kappa shape index (κ2) is 28.8. The third kappa shape index (κ3) is 13.1. The number of esters is 1. The number of nitrogens with zero attached hydrogens (tertiary/aromatic N) is 4. The summed E-state index contributed by atoms with van der Waals surface area (Å²) in [5.74, 6) is 0.816. The third-order valence-electron chi connectivity index (χ3n) is 18.7. The molecule has 0 aliphatic carbocycles. The van der Waals surface area contributed by atoms with E-state index in [-0.39, 0.29) is 83.5 Å². The summed E-state index contributed by atoms with van der Waals surface area (Å²) in [5.41, 5.74) is 6.96. The summed E-state index contributed by atoms with van der Waals surface area (Å²) >= 11 is 15.1. The van der Waals surface area contributed by atoms with E-state index in [2.05, 4.69) is 98.5 Å². The number of carbonyl (C=O) groups excluding carboxylic acids is 3. The van der Waals surface area contributed by atoms with Crippen LogP contribution < -0.4 is 29.3 Å². The predicted octanol–water partition coefficient (Wildman–Crippen LogP) is 17.9. The minimum absolute atomic E-state index is 0.00350. The van der Waals surface area contributed by atoms with Gasteiger partial charge in [-0.3, -0.25) is 9.59 Å². The van der Waals surface area contributed by atoms with Crippen molar-refractivity contribution in [1.29, 1.82) is 0 Å². The minimum Gasteiger partial charge on any atom is -0.497 e. The van der Waals surface area contributed by atoms with Crippen molar-refractivity contribution in [2.75, 3.05) is 63.5 Å². The molecule has 0 radical (unpaired) electrons. The highest BCUT2D eigenvalue weighted by Gasteiger charge is 2.58. The first-order chi connectivity index (χ1) is 45.4. The molecule has 18 heteroatoms. The maximum Gasteiger partial charge on any atom is 0.341 e. The molecule has 6 aromatic carbocycles. The Bertz CT molecular complexity index is 3920. The van der Waals surface area contributed by atoms with E-state index < -0.39 is 37.1 Å². The summed E-state index contributed by atoms with van der Waals surface area (Å²) in [5, 5.41) is 3.14. The van der Waals surface area contributed by atoms with Crippen molar-refractivity contribution in [3.8, 4) is 23.0 Å². The van der Waals surface area contributed by atoms with Gasteiger partial charge in [-0.05, 0) is 165 Å². The van der Waals surface area contributed by atoms with Gasteiger partial charge in [0.05, 0.1) is 71.1 Å². The number of fused-ring (bicyclic) bond motifs is 8. The zero-order chi connectivity index (χ0) is 68.5. The number of benzene rings is 6. The normalized spacial score (nSPS) is 17.6. The van der Waals surface area contributed by atoms with Crippen LogP contribution >= 0.6 is 31.7 Å². The van der Waals surface area contributed by atoms with Crippen molar-refractivity contribution in [3.05, 3.63) is 198 Å². The molecule has 1 spiro atoms. The summed E-state index contributed by atoms with van der Waals surface area (Å²) in [6.45, 7) is 36.1. The Morgan fingerprint density at radius 2 is 1.41 bits per heavy atom. The van der Waals surface area contributed by atoms with Gasteiger partial charge in [0.25, 0.3) is 14.4 Å². The first-order valence-electron chi connectivity index (χ1n) is 33.2. The van der Waals surface area contributed by atoms with E-state index >= 15 is 4.79 Å². The monoisotopic (exact) mass is 1350 g/mol. The molecule has 3 atom stereocenters. The number of hydrogen-bond acceptors (Lipinski definition) is 12. The van der Waals surface area contributed by atoms with Crippen molar-refractivity contribution in [3.63, 3.8) is 0 Å². The fraction of sp³-hybridized carbons (Fsp3) is 0.429. The van der Waals surface area contributed by atoms with E-state index in [1.807, 2.05) is 113 Å². The number of rotatable bonds is 23. The molecular formula is C77H90Cl2N5O10P. The zero-order valence-corrected chi connectivity index (χ0v) is 60.0. The largest absolute Gasteiger partial charge is 0.497 e. The molecule has 0 bridgehead atoms. The first-order valence-corrected chi connectivity index (χ1v) is 35.1. The molecule has 0 saturated carbocycles. The van der Waals surface area contributed by atoms with Gasteiger partial charge >= 0.3 is 5.97 Å². The van der Waals surface area contributed by atoms with E-state index in [9.17, 15) is 9.59 Å². The Balaban J connectivity index is 0.00000487. The van der Waals surface area contributed by atoms with Gasteiger partial charge in [0, 0.05) is 77.5 Å². The van der Waals surface area contributed by atoms with Gasteiger partial charge in [0.2, 0.25) is 12.5 Å². The molecule has 5 heterocycles. The molecule has 0 fully saturated rings. The van der Waals surface area contributed by atoms with Crippen LogP contribution in [0.3, 0.4) is 0 Å². The van der Waals surface area contributed by atoms with Gasteiger partial charge in [0.1, 0.15) is 35.2 Å². The lowest BCUT2D eigenvalue weighted by atomic mass is 9.72. The number of amides is 2. The number of ether oxygens (including phenoxy) is 5. The van der Waals surface area contributed by atoms with Crippen LogP contribution in [0, 0.1) is 12.5 Å². The topological polar surface area (TPSA) is 142 Å². The molecule has 5 aliphatic heterocycles. The van der Waals surface area contributed by atoms with E-state index in [0.29, 0.717) is 71.1 Å². The fourth-order valence-corrected chi connectivity index (χ4v) is 17.1. The summed E-state index contributed by atoms with van der Waals surface area (Å²) in [4.78, 5) is 51.2. The van der Waals surface area contributed by atoms with Gasteiger partial charge in [0.15, 0.2) is 5.60 Å². The maximum atomic E-state index is 15.1. The van der Waals surface area contributed by atoms with Crippen LogP contribution in [0.15, 0.2) is 115 Å². The number of hydrogen-bond donors (Lipinski definition) is 1. The number of unbranched alkanes of at least 4 members (excludes halogenated alkanes) is 1. The van der Waals surface area contributed by atoms with Crippen LogP contribution in [0.25, 0.3) is 16.0 Å². The lowest BCUT2D eigenvalue weighted by Gasteiger charge is -2.48. The molecule has 0 aromatic heterocycles. The summed E-state index contributed by atoms with van der Waals surface area (Å²) in [7, 11) is 1.71. The maximum absolute atomic E-state index is 15.1. The van der Waals surface area contributed by atoms with Crippen LogP contribution in [-0.4, -0.2) is 99.3 Å². The number of nitrogens with one attached hydrogen (secondary N) is 1. The molecule has 502 valence electrons. The fourth-order valence-electron chi connectivity index (χ4n) is 14.8. The molecular weight excluding hydrogens is 1260 g/mol. The second-order valence-corrected chi connectivity index (χ2v) is 28.7. The molecule has 5 aliphatic rings. The summed E-state index contributed by atoms with van der Waals surface area (Å²) in [6, 6.07) is 33.7. The van der Waals surface area contributed by atoms with Crippen molar-refractivity contribution in [2.24, 2.45) is 5.92 Å². The van der Waals surface area contributed by atoms with Crippen LogP contribution in [0.1, 0.15) is 186 Å². The number of methoxy groups -OCH3 is 2. The Labute approximate surface area is 572 Å². The number of halogens is 2. The van der Waals surface area contributed by atoms with Crippen LogP contribution in [0.4, 0.5) is 11.4 Å². The Morgan fingerprint density at radius 3 is 2.02 bits per heavy atom. The lowest BCUT2D eigenvalue weighted by Crippen LogP contribution is -2.48. The molecule has 1 N–H and O–H groups in total. The van der Waals surface area contributed by atoms with Gasteiger partial charge < -0.3 is 52.7 Å². The number of allylic oxidation sites excluding steroid dienone is 2. The van der Waals surface area contributed by atoms with E-state index in [0.717, 1.165) is 63.2 Å². The van der Waals surface area contributed by atoms with Crippen LogP contribution in [0.5, 0.6) is 23.0 Å². The first kappa shape index (κ1) is 70.5. The number of anilines is 2. The van der Waals surface area contributed by atoms with Crippen molar-refractivity contribution >= 4 is 72.0 Å². The second-order valence-electron chi connectivity index (χ2n) is 26.5. The van der Waals surface area contributed by atoms with E-state index in [1.54, 1.807) is 32.1 Å². The predicted molar refractivity (Wildman–Crippen MR) is 381 cm³/mol. The molecule has 6 aromatic rings. The molecule has 3 unspecified atom stereocenters. The van der Waals surface area contributed by atoms with Crippen LogP contribution in [0.2, 0.25) is 10.0 Å². The zero-order valence-electron chi connectivity index (χ0n) is 57.6. The molecule has 11 rings (SSSR count). The molecule has 2 amide bonds. The summed E-state index contributed by atoms with van der Waals surface area (Å²) < 4.78 is 48.3. The van der Waals surface area contributed by atoms with Gasteiger partial charge in [-0.2, -0.15) is 0 Å². The number of carbonyl (C=O) groups is 3. The standard InChI is InChI=1S/C75H84Cl2N5O10P.C2H6/c1-45(2)82(46(3)4)93(89-36-34-78-12)90-44-50(43-88-74(51-22-16-15-17-23-51,52-25-29-54(86-13)30-26-52)53-27-31-55(87-14)32-28-53)21-18-19-33-79-70(84)59-39-62(76)66-65(67(59)77)71(85)92-75(66)60-37-57-47(5)42-73(10,11)81(49(7)83)63(57)40-64(60)91-69-56-24-20-35-80-68(56)58(38-61(69)75)48(6)41-72(80,8)9;1-2/h15-17,22-23,25-32,37-42,45-46,50H,18-21,24,33-36,43-44H2,1-11,13-14H3,(H,79,84);1-2H3. The smallest absolute Gasteiger partial charge is 0.341 e. The molecule has 0 saturated heterocycles. The third-order valence-corrected chi connectivity index (χ3v) is 21.4. The summed E-state index contributed by atoms with van der Waals surface area (Å²) in [6.07, 6.45) is 7.75. The van der Waals surface area contributed by atoms with Crippen molar-refractivity contribution in [1.82, 2.24) is 9.99 Å². The average Bonchev–Trinajstić information content (AvgIpc) is 1.63. The lowest BCUT2D eigenvalue weighted by molar-refractivity contribution is -0.117. The van der Waals surface area contributed by atoms with Gasteiger partial charge in [-0.15, -0.1) is 0 Å². The van der Waals surface area contributed by atoms with E-state index in [4.69, 9.17) is 62.5 Å². The highest BCUT2D eigenvalue weighted by Crippen LogP contribution is 2.64. The molecule has 15 nitrogen and oxygen atoms in total. The highest BCUT2D eigenvalue weighted by atomic mass is 35.5. The highest BCUT2D eigenvalue weighted by molar-refractivity contribution is 7.44. The van der Waals surface area contributed by atoms with E-state index in [1.165, 1.54) is 0 Å². The minimum atomic E-state index is -1.68. The quantitative estimate of drug-likeness (QED) is 0.0215. The SMILES string of the molecule is CC.[C-]#[N+]CCOP(OCC(CCCCNC(=O)c1cc(Cl)c2c(c1Cl)C(=O)OC21c2cc3c(cc2Oc2c1cc1c4c2CCCN4C(C)(C)C=C1C)N(C(C)=O)C(C)(C)C=C3C)COC(c1ccccc1)(c1ccc(OC)cc1)c1ccc(OC)cc1)N(C(C)C)C(C)C.